The Balaban J connectivity index is 0.000000469. The van der Waals surface area contributed by atoms with Crippen LogP contribution in [0.5, 0.6) is 0 Å². The van der Waals surface area contributed by atoms with E-state index in [0.29, 0.717) is 34.8 Å². The summed E-state index contributed by atoms with van der Waals surface area (Å²) in [6.45, 7) is 6.17. The molecular weight excluding hydrogens is 464 g/mol. The third-order valence-corrected chi connectivity index (χ3v) is 5.97. The van der Waals surface area contributed by atoms with Crippen LogP contribution < -0.4 is 5.32 Å². The number of hydrogen-bond donors (Lipinski definition) is 2. The minimum atomic E-state index is -1.42. The number of nitrogens with zero attached hydrogens (tertiary/aromatic N) is 3. The molecule has 1 unspecified atom stereocenters. The van der Waals surface area contributed by atoms with E-state index in [1.54, 1.807) is 37.4 Å². The van der Waals surface area contributed by atoms with Gasteiger partial charge in [-0.1, -0.05) is 60.2 Å². The number of aromatic nitrogens is 3. The zero-order valence-electron chi connectivity index (χ0n) is 21.2. The first-order chi connectivity index (χ1) is 17.8. The Morgan fingerprint density at radius 1 is 1.00 bits per heavy atom. The first-order valence-corrected chi connectivity index (χ1v) is 12.0. The largest absolute Gasteiger partial charge is 0.456 e. The number of hydrogen-bond acceptors (Lipinski definition) is 6. The molecule has 37 heavy (non-hydrogen) atoms. The molecule has 1 amide bonds. The highest BCUT2D eigenvalue weighted by molar-refractivity contribution is 5.80. The van der Waals surface area contributed by atoms with Crippen molar-refractivity contribution in [2.75, 3.05) is 0 Å². The zero-order valence-corrected chi connectivity index (χ0v) is 21.2. The average Bonchev–Trinajstić information content (AvgIpc) is 3.35. The van der Waals surface area contributed by atoms with Crippen molar-refractivity contribution in [3.8, 4) is 0 Å². The molecule has 0 aliphatic heterocycles. The van der Waals surface area contributed by atoms with Crippen molar-refractivity contribution >= 4 is 17.0 Å². The van der Waals surface area contributed by atoms with Gasteiger partial charge in [0.1, 0.15) is 17.6 Å². The number of amides is 1. The number of carbonyl (C=O) groups is 1. The van der Waals surface area contributed by atoms with Gasteiger partial charge < -0.3 is 14.8 Å². The van der Waals surface area contributed by atoms with E-state index in [0.717, 1.165) is 11.1 Å². The van der Waals surface area contributed by atoms with Crippen LogP contribution in [0.1, 0.15) is 40.8 Å². The second kappa shape index (κ2) is 11.6. The maximum atomic E-state index is 12.4. The lowest BCUT2D eigenvalue weighted by Crippen LogP contribution is -2.25. The number of fused-ring (bicyclic) bond motifs is 1. The number of rotatable bonds is 6. The van der Waals surface area contributed by atoms with E-state index in [1.807, 2.05) is 62.4 Å². The molecule has 0 fully saturated rings. The predicted octanol–water partition coefficient (Wildman–Crippen LogP) is 5.04. The van der Waals surface area contributed by atoms with Crippen LogP contribution in [0.4, 0.5) is 0 Å². The molecule has 7 nitrogen and oxygen atoms in total. The van der Waals surface area contributed by atoms with Crippen molar-refractivity contribution in [1.82, 2.24) is 20.3 Å². The molecule has 0 aliphatic carbocycles. The minimum Gasteiger partial charge on any atom is -0.456 e. The number of nitrogens with one attached hydrogen (secondary N) is 1. The maximum absolute atomic E-state index is 12.4. The summed E-state index contributed by atoms with van der Waals surface area (Å²) < 4.78 is 5.80. The molecule has 2 aromatic carbocycles. The minimum absolute atomic E-state index is 0.108. The Bertz CT molecular complexity index is 1440. The molecule has 1 atom stereocenters. The molecule has 2 N–H and O–H groups in total. The van der Waals surface area contributed by atoms with E-state index in [4.69, 9.17) is 4.42 Å². The first-order valence-electron chi connectivity index (χ1n) is 12.0. The van der Waals surface area contributed by atoms with Gasteiger partial charge in [-0.3, -0.25) is 4.79 Å². The van der Waals surface area contributed by atoms with Gasteiger partial charge in [0.25, 0.3) is 0 Å². The SMILES string of the molecule is Cc1ccc(CNC(=O)Cc2ccc3oc(C(C)(O)c4ccncn4)cc3n2)c(C)c1.c1ccccc1. The number of aliphatic hydroxyl groups is 1. The van der Waals surface area contributed by atoms with Crippen molar-refractivity contribution in [3.05, 3.63) is 125 Å². The standard InChI is InChI=1S/C24H24N4O3.C6H6/c1-15-4-5-17(16(2)10-15)13-26-23(29)11-18-6-7-20-19(28-18)12-22(31-20)24(3,30)21-8-9-25-14-27-21;1-2-4-6-5-3-1/h4-10,12,14,30H,11,13H2,1-3H3,(H,26,29);1-6H. The van der Waals surface area contributed by atoms with Gasteiger partial charge in [0.15, 0.2) is 11.2 Å². The van der Waals surface area contributed by atoms with Crippen LogP contribution in [0.25, 0.3) is 11.1 Å². The summed E-state index contributed by atoms with van der Waals surface area (Å²) in [6, 6.07) is 25.0. The van der Waals surface area contributed by atoms with Crippen molar-refractivity contribution in [2.24, 2.45) is 0 Å². The number of benzene rings is 2. The molecule has 7 heteroatoms. The average molecular weight is 495 g/mol. The summed E-state index contributed by atoms with van der Waals surface area (Å²) >= 11 is 0. The van der Waals surface area contributed by atoms with Crippen LogP contribution in [0.3, 0.4) is 0 Å². The Morgan fingerprint density at radius 2 is 1.73 bits per heavy atom. The molecule has 0 radical (unpaired) electrons. The summed E-state index contributed by atoms with van der Waals surface area (Å²) in [6.07, 6.45) is 3.09. The van der Waals surface area contributed by atoms with Crippen molar-refractivity contribution in [1.29, 1.82) is 0 Å². The molecule has 188 valence electrons. The van der Waals surface area contributed by atoms with E-state index in [1.165, 1.54) is 11.9 Å². The van der Waals surface area contributed by atoms with Crippen molar-refractivity contribution in [3.63, 3.8) is 0 Å². The van der Waals surface area contributed by atoms with Crippen LogP contribution in [-0.4, -0.2) is 26.0 Å². The summed E-state index contributed by atoms with van der Waals surface area (Å²) in [4.78, 5) is 24.9. The van der Waals surface area contributed by atoms with Crippen LogP contribution in [0.15, 0.2) is 95.8 Å². The highest BCUT2D eigenvalue weighted by atomic mass is 16.4. The van der Waals surface area contributed by atoms with Crippen LogP contribution in [0.2, 0.25) is 0 Å². The second-order valence-electron chi connectivity index (χ2n) is 9.00. The maximum Gasteiger partial charge on any atom is 0.226 e. The lowest BCUT2D eigenvalue weighted by atomic mass is 9.99. The molecule has 5 rings (SSSR count). The molecular formula is C30H30N4O3. The molecule has 5 aromatic rings. The van der Waals surface area contributed by atoms with Gasteiger partial charge in [-0.15, -0.1) is 0 Å². The van der Waals surface area contributed by atoms with Gasteiger partial charge in [-0.05, 0) is 50.1 Å². The molecule has 0 saturated carbocycles. The Kier molecular flexibility index (Phi) is 8.05. The van der Waals surface area contributed by atoms with E-state index in [2.05, 4.69) is 26.3 Å². The summed E-state index contributed by atoms with van der Waals surface area (Å²) in [7, 11) is 0. The quantitative estimate of drug-likeness (QED) is 0.343. The van der Waals surface area contributed by atoms with Gasteiger partial charge in [-0.25, -0.2) is 15.0 Å². The highest BCUT2D eigenvalue weighted by Gasteiger charge is 2.31. The zero-order chi connectivity index (χ0) is 26.3. The fourth-order valence-corrected chi connectivity index (χ4v) is 3.86. The molecule has 3 aromatic heterocycles. The molecule has 3 heterocycles. The van der Waals surface area contributed by atoms with Gasteiger partial charge in [0.05, 0.1) is 17.8 Å². The van der Waals surface area contributed by atoms with Gasteiger partial charge in [0.2, 0.25) is 5.91 Å². The highest BCUT2D eigenvalue weighted by Crippen LogP contribution is 2.31. The Labute approximate surface area is 216 Å². The van der Waals surface area contributed by atoms with Gasteiger partial charge in [0, 0.05) is 18.8 Å². The van der Waals surface area contributed by atoms with Crippen LogP contribution in [0, 0.1) is 13.8 Å². The van der Waals surface area contributed by atoms with Gasteiger partial charge in [-0.2, -0.15) is 0 Å². The van der Waals surface area contributed by atoms with E-state index in [-0.39, 0.29) is 12.3 Å². The summed E-state index contributed by atoms with van der Waals surface area (Å²) in [5, 5.41) is 13.9. The lowest BCUT2D eigenvalue weighted by molar-refractivity contribution is -0.120. The summed E-state index contributed by atoms with van der Waals surface area (Å²) in [5.74, 6) is 0.216. The van der Waals surface area contributed by atoms with Crippen LogP contribution >= 0.6 is 0 Å². The number of pyridine rings is 1. The second-order valence-corrected chi connectivity index (χ2v) is 9.00. The molecule has 0 saturated heterocycles. The number of aryl methyl sites for hydroxylation is 2. The normalized spacial score (nSPS) is 12.3. The molecule has 0 aliphatic rings. The monoisotopic (exact) mass is 494 g/mol. The number of carbonyl (C=O) groups excluding carboxylic acids is 1. The first kappa shape index (κ1) is 25.7. The fourth-order valence-electron chi connectivity index (χ4n) is 3.86. The smallest absolute Gasteiger partial charge is 0.226 e. The Hall–Kier alpha value is -4.36. The van der Waals surface area contributed by atoms with Gasteiger partial charge >= 0.3 is 0 Å². The van der Waals surface area contributed by atoms with E-state index >= 15 is 0 Å². The third-order valence-electron chi connectivity index (χ3n) is 5.97. The third kappa shape index (κ3) is 6.65. The van der Waals surface area contributed by atoms with Crippen molar-refractivity contribution in [2.45, 2.75) is 39.3 Å². The fraction of sp³-hybridized carbons (Fsp3) is 0.200. The molecule has 0 bridgehead atoms. The van der Waals surface area contributed by atoms with E-state index in [9.17, 15) is 9.90 Å². The van der Waals surface area contributed by atoms with Crippen molar-refractivity contribution < 1.29 is 14.3 Å². The van der Waals surface area contributed by atoms with E-state index < -0.39 is 5.60 Å². The predicted molar refractivity (Wildman–Crippen MR) is 143 cm³/mol. The van der Waals surface area contributed by atoms with Crippen LogP contribution in [-0.2, 0) is 23.4 Å². The number of furan rings is 1. The molecule has 0 spiro atoms. The lowest BCUT2D eigenvalue weighted by Gasteiger charge is -2.19. The topological polar surface area (TPSA) is 101 Å². The Morgan fingerprint density at radius 3 is 2.38 bits per heavy atom. The summed E-state index contributed by atoms with van der Waals surface area (Å²) in [5.41, 5.74) is 4.17.